The molecule has 0 radical (unpaired) electrons. The molecule has 1 aromatic rings. The van der Waals surface area contributed by atoms with E-state index in [1.54, 1.807) is 0 Å². The van der Waals surface area contributed by atoms with E-state index in [9.17, 15) is 5.11 Å². The van der Waals surface area contributed by atoms with Gasteiger partial charge >= 0.3 is 0 Å². The Morgan fingerprint density at radius 2 is 1.71 bits per heavy atom. The highest BCUT2D eigenvalue weighted by Crippen LogP contribution is 2.39. The summed E-state index contributed by atoms with van der Waals surface area (Å²) in [7, 11) is 0. The van der Waals surface area contributed by atoms with Gasteiger partial charge in [-0.05, 0) is 46.1 Å². The molecule has 118 valence electrons. The number of benzene rings is 1. The van der Waals surface area contributed by atoms with Crippen molar-refractivity contribution in [2.45, 2.75) is 63.8 Å². The summed E-state index contributed by atoms with van der Waals surface area (Å²) in [6.07, 6.45) is 1.41. The summed E-state index contributed by atoms with van der Waals surface area (Å²) in [4.78, 5) is 6.23. The number of aliphatic hydroxyl groups excluding tert-OH is 1. The van der Waals surface area contributed by atoms with Crippen LogP contribution in [0.25, 0.3) is 0 Å². The minimum atomic E-state index is -0.348. The van der Waals surface area contributed by atoms with Gasteiger partial charge in [-0.2, -0.15) is 5.06 Å². The van der Waals surface area contributed by atoms with Crippen LogP contribution in [0.15, 0.2) is 30.3 Å². The molecule has 4 heteroatoms. The normalized spacial score (nSPS) is 23.9. The van der Waals surface area contributed by atoms with Crippen LogP contribution in [-0.2, 0) is 4.84 Å². The molecule has 0 aromatic heterocycles. The summed E-state index contributed by atoms with van der Waals surface area (Å²) in [5.41, 5.74) is 6.85. The fourth-order valence-corrected chi connectivity index (χ4v) is 3.62. The Balaban J connectivity index is 2.22. The van der Waals surface area contributed by atoms with Crippen molar-refractivity contribution in [2.24, 2.45) is 5.73 Å². The molecule has 3 N–H and O–H groups in total. The van der Waals surface area contributed by atoms with Crippen LogP contribution in [0, 0.1) is 0 Å². The summed E-state index contributed by atoms with van der Waals surface area (Å²) < 4.78 is 0. The minimum Gasteiger partial charge on any atom is -0.393 e. The number of hydrogen-bond acceptors (Lipinski definition) is 4. The van der Waals surface area contributed by atoms with Crippen LogP contribution in [0.1, 0.15) is 52.2 Å². The lowest BCUT2D eigenvalue weighted by Gasteiger charge is -2.54. The van der Waals surface area contributed by atoms with Crippen LogP contribution >= 0.6 is 0 Å². The van der Waals surface area contributed by atoms with Crippen molar-refractivity contribution in [3.8, 4) is 0 Å². The molecule has 0 spiro atoms. The molecule has 2 rings (SSSR count). The maximum atomic E-state index is 9.73. The molecule has 21 heavy (non-hydrogen) atoms. The Bertz CT molecular complexity index is 441. The van der Waals surface area contributed by atoms with Crippen LogP contribution < -0.4 is 5.73 Å². The Labute approximate surface area is 127 Å². The lowest BCUT2D eigenvalue weighted by Crippen LogP contribution is -2.63. The van der Waals surface area contributed by atoms with Gasteiger partial charge in [-0.3, -0.25) is 4.84 Å². The first-order chi connectivity index (χ1) is 9.76. The standard InChI is InChI=1S/C17H28N2O2/c1-16(2)10-14(18)11-17(3,4)19(16)21-15(12-20)13-8-6-5-7-9-13/h5-9,14-15,20H,10-12,18H2,1-4H3. The highest BCUT2D eigenvalue weighted by atomic mass is 16.7. The van der Waals surface area contributed by atoms with Crippen molar-refractivity contribution >= 4 is 0 Å². The molecule has 1 aromatic carbocycles. The van der Waals surface area contributed by atoms with Crippen molar-refractivity contribution in [1.82, 2.24) is 5.06 Å². The van der Waals surface area contributed by atoms with E-state index in [4.69, 9.17) is 10.6 Å². The second-order valence-electron chi connectivity index (χ2n) is 7.27. The van der Waals surface area contributed by atoms with Crippen LogP contribution in [-0.4, -0.2) is 33.9 Å². The molecule has 1 atom stereocenters. The van der Waals surface area contributed by atoms with E-state index in [2.05, 4.69) is 27.7 Å². The van der Waals surface area contributed by atoms with Crippen molar-refractivity contribution in [3.05, 3.63) is 35.9 Å². The smallest absolute Gasteiger partial charge is 0.127 e. The number of rotatable bonds is 4. The lowest BCUT2D eigenvalue weighted by atomic mass is 9.79. The molecule has 1 saturated heterocycles. The van der Waals surface area contributed by atoms with E-state index in [0.29, 0.717) is 0 Å². The van der Waals surface area contributed by atoms with Gasteiger partial charge in [-0.25, -0.2) is 0 Å². The third-order valence-corrected chi connectivity index (χ3v) is 4.19. The van der Waals surface area contributed by atoms with Gasteiger partial charge in [-0.15, -0.1) is 0 Å². The van der Waals surface area contributed by atoms with Gasteiger partial charge in [0.05, 0.1) is 6.61 Å². The molecular weight excluding hydrogens is 264 g/mol. The molecule has 1 aliphatic heterocycles. The minimum absolute atomic E-state index is 0.0429. The average molecular weight is 292 g/mol. The van der Waals surface area contributed by atoms with Gasteiger partial charge in [0.25, 0.3) is 0 Å². The number of hydrogen-bond donors (Lipinski definition) is 2. The maximum Gasteiger partial charge on any atom is 0.127 e. The van der Waals surface area contributed by atoms with Gasteiger partial charge in [0.2, 0.25) is 0 Å². The lowest BCUT2D eigenvalue weighted by molar-refractivity contribution is -0.312. The van der Waals surface area contributed by atoms with E-state index in [-0.39, 0.29) is 29.8 Å². The largest absolute Gasteiger partial charge is 0.393 e. The highest BCUT2D eigenvalue weighted by molar-refractivity contribution is 5.17. The summed E-state index contributed by atoms with van der Waals surface area (Å²) >= 11 is 0. The molecule has 4 nitrogen and oxygen atoms in total. The zero-order valence-corrected chi connectivity index (χ0v) is 13.5. The van der Waals surface area contributed by atoms with Gasteiger partial charge < -0.3 is 10.8 Å². The molecule has 0 saturated carbocycles. The van der Waals surface area contributed by atoms with E-state index in [0.717, 1.165) is 18.4 Å². The molecule has 1 aliphatic rings. The van der Waals surface area contributed by atoms with Gasteiger partial charge in [-0.1, -0.05) is 30.3 Å². The molecular formula is C17H28N2O2. The Morgan fingerprint density at radius 3 is 2.19 bits per heavy atom. The Hall–Kier alpha value is -0.940. The zero-order valence-electron chi connectivity index (χ0n) is 13.5. The predicted octanol–water partition coefficient (Wildman–Crippen LogP) is 2.63. The van der Waals surface area contributed by atoms with Crippen LogP contribution in [0.2, 0.25) is 0 Å². The van der Waals surface area contributed by atoms with Gasteiger partial charge in [0.1, 0.15) is 6.10 Å². The third-order valence-electron chi connectivity index (χ3n) is 4.19. The van der Waals surface area contributed by atoms with Crippen LogP contribution in [0.3, 0.4) is 0 Å². The second kappa shape index (κ2) is 6.05. The Kier molecular flexibility index (Phi) is 4.73. The monoisotopic (exact) mass is 292 g/mol. The van der Waals surface area contributed by atoms with Crippen LogP contribution in [0.4, 0.5) is 0 Å². The quantitative estimate of drug-likeness (QED) is 0.895. The van der Waals surface area contributed by atoms with Gasteiger partial charge in [0, 0.05) is 17.1 Å². The fourth-order valence-electron chi connectivity index (χ4n) is 3.62. The summed E-state index contributed by atoms with van der Waals surface area (Å²) in [6, 6.07) is 10.0. The number of nitrogens with two attached hydrogens (primary N) is 1. The number of piperidine rings is 1. The third kappa shape index (κ3) is 3.64. The van der Waals surface area contributed by atoms with E-state index in [1.165, 1.54) is 0 Å². The molecule has 1 unspecified atom stereocenters. The van der Waals surface area contributed by atoms with E-state index < -0.39 is 0 Å². The van der Waals surface area contributed by atoms with Crippen LogP contribution in [0.5, 0.6) is 0 Å². The van der Waals surface area contributed by atoms with Crippen molar-refractivity contribution in [2.75, 3.05) is 6.61 Å². The second-order valence-corrected chi connectivity index (χ2v) is 7.27. The molecule has 0 amide bonds. The number of nitrogens with zero attached hydrogens (tertiary/aromatic N) is 1. The van der Waals surface area contributed by atoms with E-state index in [1.807, 2.05) is 35.4 Å². The van der Waals surface area contributed by atoms with E-state index >= 15 is 0 Å². The average Bonchev–Trinajstić information content (AvgIpc) is 2.37. The maximum absolute atomic E-state index is 9.73. The molecule has 0 aliphatic carbocycles. The first kappa shape index (κ1) is 16.4. The fraction of sp³-hybridized carbons (Fsp3) is 0.647. The van der Waals surface area contributed by atoms with Crippen molar-refractivity contribution in [1.29, 1.82) is 0 Å². The SMILES string of the molecule is CC1(C)CC(N)CC(C)(C)N1OC(CO)c1ccccc1. The molecule has 0 bridgehead atoms. The molecule has 1 heterocycles. The first-order valence-corrected chi connectivity index (χ1v) is 7.65. The highest BCUT2D eigenvalue weighted by Gasteiger charge is 2.46. The number of hydroxylamine groups is 2. The topological polar surface area (TPSA) is 58.7 Å². The zero-order chi connectivity index (χ0) is 15.7. The van der Waals surface area contributed by atoms with Crippen molar-refractivity contribution < 1.29 is 9.94 Å². The predicted molar refractivity (Wildman–Crippen MR) is 84.6 cm³/mol. The summed E-state index contributed by atoms with van der Waals surface area (Å²) in [5, 5.41) is 11.8. The summed E-state index contributed by atoms with van der Waals surface area (Å²) in [6.45, 7) is 8.54. The molecule has 1 fully saturated rings. The Morgan fingerprint density at radius 1 is 1.19 bits per heavy atom. The van der Waals surface area contributed by atoms with Crippen molar-refractivity contribution in [3.63, 3.8) is 0 Å². The first-order valence-electron chi connectivity index (χ1n) is 7.65. The summed E-state index contributed by atoms with van der Waals surface area (Å²) in [5.74, 6) is 0. The number of aliphatic hydroxyl groups is 1. The van der Waals surface area contributed by atoms with Gasteiger partial charge in [0.15, 0.2) is 0 Å².